The second kappa shape index (κ2) is 7.15. The molecule has 2 aromatic rings. The maximum atomic E-state index is 12.4. The van der Waals surface area contributed by atoms with E-state index in [2.05, 4.69) is 5.32 Å². The number of carboxylic acids is 1. The first kappa shape index (κ1) is 16.8. The molecule has 1 atom stereocenters. The molecule has 1 heterocycles. The molecule has 23 heavy (non-hydrogen) atoms. The Morgan fingerprint density at radius 3 is 2.52 bits per heavy atom. The van der Waals surface area contributed by atoms with Crippen molar-refractivity contribution in [3.63, 3.8) is 0 Å². The summed E-state index contributed by atoms with van der Waals surface area (Å²) in [6.45, 7) is 1.78. The third kappa shape index (κ3) is 3.62. The van der Waals surface area contributed by atoms with Crippen LogP contribution >= 0.6 is 11.3 Å². The number of aromatic carboxylic acids is 1. The number of hydrogen-bond acceptors (Lipinski definition) is 5. The first-order valence-corrected chi connectivity index (χ1v) is 7.69. The molecule has 122 valence electrons. The summed E-state index contributed by atoms with van der Waals surface area (Å²) in [5.41, 5.74) is 0.263. The number of hydrogen-bond donors (Lipinski definition) is 2. The van der Waals surface area contributed by atoms with Gasteiger partial charge in [0.25, 0.3) is 0 Å². The highest BCUT2D eigenvalue weighted by Crippen LogP contribution is 2.37. The van der Waals surface area contributed by atoms with Crippen LogP contribution in [0, 0.1) is 0 Å². The number of carbonyl (C=O) groups excluding carboxylic acids is 1. The van der Waals surface area contributed by atoms with E-state index in [-0.39, 0.29) is 34.6 Å². The van der Waals surface area contributed by atoms with Crippen LogP contribution in [-0.2, 0) is 4.79 Å². The molecule has 0 aliphatic rings. The molecule has 2 rings (SSSR count). The Morgan fingerprint density at radius 1 is 1.26 bits per heavy atom. The number of amides is 1. The van der Waals surface area contributed by atoms with Crippen molar-refractivity contribution in [1.82, 2.24) is 0 Å². The van der Waals surface area contributed by atoms with Crippen molar-refractivity contribution in [2.45, 2.75) is 12.8 Å². The molecule has 0 aliphatic heterocycles. The normalized spacial score (nSPS) is 11.6. The van der Waals surface area contributed by atoms with E-state index in [4.69, 9.17) is 9.47 Å². The second-order valence-corrected chi connectivity index (χ2v) is 5.77. The van der Waals surface area contributed by atoms with Gasteiger partial charge in [-0.1, -0.05) is 6.07 Å². The lowest BCUT2D eigenvalue weighted by Gasteiger charge is -2.16. The van der Waals surface area contributed by atoms with Crippen LogP contribution in [0.15, 0.2) is 29.6 Å². The Kier molecular flexibility index (Phi) is 5.23. The highest BCUT2D eigenvalue weighted by Gasteiger charge is 2.21. The van der Waals surface area contributed by atoms with Gasteiger partial charge < -0.3 is 19.9 Å². The lowest BCUT2D eigenvalue weighted by molar-refractivity contribution is -0.117. The third-order valence-corrected chi connectivity index (χ3v) is 4.40. The average molecular weight is 335 g/mol. The molecule has 0 aliphatic carbocycles. The molecule has 0 radical (unpaired) electrons. The van der Waals surface area contributed by atoms with Gasteiger partial charge in [-0.15, -0.1) is 11.3 Å². The molecule has 7 heteroatoms. The summed E-state index contributed by atoms with van der Waals surface area (Å²) in [4.78, 5) is 24.6. The van der Waals surface area contributed by atoms with Crippen molar-refractivity contribution < 1.29 is 24.2 Å². The summed E-state index contributed by atoms with van der Waals surface area (Å²) in [7, 11) is 2.83. The van der Waals surface area contributed by atoms with Gasteiger partial charge in [-0.3, -0.25) is 4.79 Å². The maximum Gasteiger partial charge on any atom is 0.335 e. The molecular weight excluding hydrogens is 318 g/mol. The monoisotopic (exact) mass is 335 g/mol. The zero-order valence-electron chi connectivity index (χ0n) is 13.0. The van der Waals surface area contributed by atoms with Crippen molar-refractivity contribution in [3.8, 4) is 11.5 Å². The van der Waals surface area contributed by atoms with Crippen molar-refractivity contribution in [1.29, 1.82) is 0 Å². The molecule has 0 saturated carbocycles. The topological polar surface area (TPSA) is 84.9 Å². The zero-order chi connectivity index (χ0) is 17.0. The summed E-state index contributed by atoms with van der Waals surface area (Å²) >= 11 is 1.48. The maximum absolute atomic E-state index is 12.4. The summed E-state index contributed by atoms with van der Waals surface area (Å²) in [6, 6.07) is 6.45. The highest BCUT2D eigenvalue weighted by molar-refractivity contribution is 7.10. The van der Waals surface area contributed by atoms with E-state index in [1.165, 1.54) is 37.7 Å². The van der Waals surface area contributed by atoms with Gasteiger partial charge in [0, 0.05) is 4.88 Å². The van der Waals surface area contributed by atoms with E-state index in [1.54, 1.807) is 6.92 Å². The molecule has 0 unspecified atom stereocenters. The fourth-order valence-corrected chi connectivity index (χ4v) is 2.87. The average Bonchev–Trinajstić information content (AvgIpc) is 3.07. The van der Waals surface area contributed by atoms with Crippen LogP contribution in [0.3, 0.4) is 0 Å². The van der Waals surface area contributed by atoms with E-state index in [0.717, 1.165) is 4.88 Å². The molecule has 6 nitrogen and oxygen atoms in total. The van der Waals surface area contributed by atoms with Crippen molar-refractivity contribution in [2.75, 3.05) is 19.5 Å². The van der Waals surface area contributed by atoms with E-state index in [0.29, 0.717) is 0 Å². The fraction of sp³-hybridized carbons (Fsp3) is 0.250. The Hall–Kier alpha value is -2.54. The number of benzene rings is 1. The molecular formula is C16H17NO5S. The quantitative estimate of drug-likeness (QED) is 0.847. The number of thiophene rings is 1. The van der Waals surface area contributed by atoms with Crippen molar-refractivity contribution in [2.24, 2.45) is 0 Å². The first-order chi connectivity index (χ1) is 11.0. The number of ether oxygens (including phenoxy) is 2. The molecule has 2 N–H and O–H groups in total. The summed E-state index contributed by atoms with van der Waals surface area (Å²) in [6.07, 6.45) is 0. The molecule has 1 amide bonds. The molecule has 0 saturated heterocycles. The highest BCUT2D eigenvalue weighted by atomic mass is 32.1. The van der Waals surface area contributed by atoms with E-state index in [9.17, 15) is 14.7 Å². The first-order valence-electron chi connectivity index (χ1n) is 6.81. The van der Waals surface area contributed by atoms with E-state index in [1.807, 2.05) is 17.5 Å². The Balaban J connectivity index is 2.35. The molecule has 1 aromatic heterocycles. The number of nitrogens with one attached hydrogen (secondary N) is 1. The number of rotatable bonds is 6. The number of carbonyl (C=O) groups is 2. The summed E-state index contributed by atoms with van der Waals surface area (Å²) < 4.78 is 10.4. The van der Waals surface area contributed by atoms with Gasteiger partial charge in [0.2, 0.25) is 5.91 Å². The lowest BCUT2D eigenvalue weighted by Crippen LogP contribution is -2.19. The lowest BCUT2D eigenvalue weighted by atomic mass is 10.1. The van der Waals surface area contributed by atoms with Gasteiger partial charge in [-0.2, -0.15) is 0 Å². The number of anilines is 1. The predicted molar refractivity (Wildman–Crippen MR) is 87.9 cm³/mol. The minimum atomic E-state index is -1.12. The molecule has 0 bridgehead atoms. The van der Waals surface area contributed by atoms with Crippen LogP contribution in [0.2, 0.25) is 0 Å². The Bertz CT molecular complexity index is 712. The number of carboxylic acid groups (broad SMARTS) is 1. The van der Waals surface area contributed by atoms with Crippen LogP contribution in [0.5, 0.6) is 11.5 Å². The summed E-state index contributed by atoms with van der Waals surface area (Å²) in [5, 5.41) is 13.8. The van der Waals surface area contributed by atoms with Gasteiger partial charge in [-0.05, 0) is 30.5 Å². The SMILES string of the molecule is COc1cc(C(=O)O)cc(NC(=O)[C@H](C)c2cccs2)c1OC. The molecule has 1 aromatic carbocycles. The standard InChI is InChI=1S/C16H17NO5S/c1-9(13-5-4-6-23-13)15(18)17-11-7-10(16(19)20)8-12(21-2)14(11)22-3/h4-9H,1-3H3,(H,17,18)(H,19,20)/t9-/m1/s1. The van der Waals surface area contributed by atoms with Crippen LogP contribution < -0.4 is 14.8 Å². The minimum absolute atomic E-state index is 0.00160. The largest absolute Gasteiger partial charge is 0.493 e. The molecule has 0 spiro atoms. The van der Waals surface area contributed by atoms with Gasteiger partial charge in [0.05, 0.1) is 31.4 Å². The van der Waals surface area contributed by atoms with Gasteiger partial charge >= 0.3 is 5.97 Å². The van der Waals surface area contributed by atoms with Gasteiger partial charge in [-0.25, -0.2) is 4.79 Å². The predicted octanol–water partition coefficient (Wildman–Crippen LogP) is 3.21. The Labute approximate surface area is 137 Å². The van der Waals surface area contributed by atoms with E-state index >= 15 is 0 Å². The van der Waals surface area contributed by atoms with E-state index < -0.39 is 5.97 Å². The van der Waals surface area contributed by atoms with Crippen LogP contribution in [0.1, 0.15) is 28.1 Å². The third-order valence-electron chi connectivity index (χ3n) is 3.35. The minimum Gasteiger partial charge on any atom is -0.493 e. The van der Waals surface area contributed by atoms with Gasteiger partial charge in [0.15, 0.2) is 11.5 Å². The smallest absolute Gasteiger partial charge is 0.335 e. The fourth-order valence-electron chi connectivity index (χ4n) is 2.09. The van der Waals surface area contributed by atoms with Gasteiger partial charge in [0.1, 0.15) is 0 Å². The molecule has 0 fully saturated rings. The van der Waals surface area contributed by atoms with Crippen LogP contribution in [0.4, 0.5) is 5.69 Å². The zero-order valence-corrected chi connectivity index (χ0v) is 13.8. The summed E-state index contributed by atoms with van der Waals surface area (Å²) in [5.74, 6) is -1.21. The van der Waals surface area contributed by atoms with Crippen LogP contribution in [-0.4, -0.2) is 31.2 Å². The second-order valence-electron chi connectivity index (χ2n) is 4.79. The van der Waals surface area contributed by atoms with Crippen LogP contribution in [0.25, 0.3) is 0 Å². The number of methoxy groups -OCH3 is 2. The Morgan fingerprint density at radius 2 is 2.00 bits per heavy atom. The van der Waals surface area contributed by atoms with Crippen molar-refractivity contribution in [3.05, 3.63) is 40.1 Å². The van der Waals surface area contributed by atoms with Crippen molar-refractivity contribution >= 4 is 28.9 Å².